The van der Waals surface area contributed by atoms with Crippen molar-refractivity contribution in [2.24, 2.45) is 5.92 Å². The molecule has 17 heavy (non-hydrogen) atoms. The van der Waals surface area contributed by atoms with Gasteiger partial charge in [-0.15, -0.1) is 0 Å². The first-order valence-electron chi connectivity index (χ1n) is 5.59. The molecule has 0 amide bonds. The molecular formula is C12H15N3O2. The number of nitrogens with zero attached hydrogens (tertiary/aromatic N) is 3. The van der Waals surface area contributed by atoms with Crippen molar-refractivity contribution in [2.45, 2.75) is 26.7 Å². The van der Waals surface area contributed by atoms with Crippen molar-refractivity contribution in [2.75, 3.05) is 0 Å². The Morgan fingerprint density at radius 2 is 2.24 bits per heavy atom. The summed E-state index contributed by atoms with van der Waals surface area (Å²) in [6, 6.07) is 1.91. The Morgan fingerprint density at radius 1 is 1.47 bits per heavy atom. The lowest BCUT2D eigenvalue weighted by molar-refractivity contribution is -0.136. The molecule has 5 heteroatoms. The molecule has 0 bridgehead atoms. The average molecular weight is 233 g/mol. The van der Waals surface area contributed by atoms with E-state index in [-0.39, 0.29) is 6.42 Å². The van der Waals surface area contributed by atoms with Crippen LogP contribution in [-0.4, -0.2) is 25.4 Å². The van der Waals surface area contributed by atoms with Gasteiger partial charge >= 0.3 is 5.97 Å². The van der Waals surface area contributed by atoms with E-state index in [1.54, 1.807) is 16.9 Å². The summed E-state index contributed by atoms with van der Waals surface area (Å²) in [6.45, 7) is 4.26. The van der Waals surface area contributed by atoms with E-state index in [0.717, 1.165) is 17.8 Å². The summed E-state index contributed by atoms with van der Waals surface area (Å²) in [6.07, 6.45) is 4.24. The second kappa shape index (κ2) is 4.53. The summed E-state index contributed by atoms with van der Waals surface area (Å²) in [5, 5.41) is 8.70. The van der Waals surface area contributed by atoms with Crippen molar-refractivity contribution in [3.05, 3.63) is 30.0 Å². The smallest absolute Gasteiger partial charge is 0.309 e. The number of hydrogen-bond donors (Lipinski definition) is 1. The van der Waals surface area contributed by atoms with Crippen LogP contribution >= 0.6 is 0 Å². The summed E-state index contributed by atoms with van der Waals surface area (Å²) in [5.74, 6) is -0.331. The van der Waals surface area contributed by atoms with E-state index in [4.69, 9.17) is 5.11 Å². The standard InChI is InChI=1S/C12H15N3O2/c1-8(2)3-9-4-11-14-10(5-12(16)17)6-15(11)7-13-9/h4,6-8H,3,5H2,1-2H3,(H,16,17). The van der Waals surface area contributed by atoms with E-state index in [2.05, 4.69) is 23.8 Å². The monoisotopic (exact) mass is 233 g/mol. The van der Waals surface area contributed by atoms with Crippen LogP contribution in [-0.2, 0) is 17.6 Å². The van der Waals surface area contributed by atoms with E-state index in [1.807, 2.05) is 6.07 Å². The fraction of sp³-hybridized carbons (Fsp3) is 0.417. The van der Waals surface area contributed by atoms with Crippen LogP contribution in [0.3, 0.4) is 0 Å². The topological polar surface area (TPSA) is 67.5 Å². The third-order valence-corrected chi connectivity index (χ3v) is 2.40. The number of carbonyl (C=O) groups is 1. The van der Waals surface area contributed by atoms with Crippen molar-refractivity contribution in [1.29, 1.82) is 0 Å². The highest BCUT2D eigenvalue weighted by Gasteiger charge is 2.07. The first kappa shape index (κ1) is 11.6. The minimum Gasteiger partial charge on any atom is -0.481 e. The lowest BCUT2D eigenvalue weighted by atomic mass is 10.1. The number of carboxylic acids is 1. The van der Waals surface area contributed by atoms with E-state index < -0.39 is 5.97 Å². The number of hydrogen-bond acceptors (Lipinski definition) is 3. The number of imidazole rings is 1. The zero-order valence-electron chi connectivity index (χ0n) is 9.92. The van der Waals surface area contributed by atoms with Crippen molar-refractivity contribution >= 4 is 11.6 Å². The molecule has 0 spiro atoms. The predicted molar refractivity (Wildman–Crippen MR) is 62.9 cm³/mol. The average Bonchev–Trinajstić information content (AvgIpc) is 2.56. The lowest BCUT2D eigenvalue weighted by Crippen LogP contribution is -1.99. The van der Waals surface area contributed by atoms with Gasteiger partial charge in [0.1, 0.15) is 12.0 Å². The maximum atomic E-state index is 10.6. The first-order valence-corrected chi connectivity index (χ1v) is 5.59. The maximum Gasteiger partial charge on any atom is 0.309 e. The fourth-order valence-corrected chi connectivity index (χ4v) is 1.75. The van der Waals surface area contributed by atoms with Gasteiger partial charge in [0, 0.05) is 18.0 Å². The van der Waals surface area contributed by atoms with Gasteiger partial charge in [0.05, 0.1) is 12.1 Å². The zero-order chi connectivity index (χ0) is 12.4. The summed E-state index contributed by atoms with van der Waals surface area (Å²) < 4.78 is 1.75. The highest BCUT2D eigenvalue weighted by molar-refractivity contribution is 5.69. The number of fused-ring (bicyclic) bond motifs is 1. The van der Waals surface area contributed by atoms with Crippen LogP contribution in [0.25, 0.3) is 5.65 Å². The minimum atomic E-state index is -0.872. The van der Waals surface area contributed by atoms with Crippen LogP contribution < -0.4 is 0 Å². The van der Waals surface area contributed by atoms with Gasteiger partial charge in [0.15, 0.2) is 0 Å². The molecule has 0 aliphatic rings. The van der Waals surface area contributed by atoms with Crippen molar-refractivity contribution in [1.82, 2.24) is 14.4 Å². The van der Waals surface area contributed by atoms with Gasteiger partial charge in [-0.2, -0.15) is 0 Å². The van der Waals surface area contributed by atoms with E-state index in [0.29, 0.717) is 11.6 Å². The molecule has 2 heterocycles. The van der Waals surface area contributed by atoms with Crippen LogP contribution in [0, 0.1) is 5.92 Å². The number of rotatable bonds is 4. The molecule has 0 unspecified atom stereocenters. The molecule has 2 aromatic heterocycles. The second-order valence-electron chi connectivity index (χ2n) is 4.55. The second-order valence-corrected chi connectivity index (χ2v) is 4.55. The van der Waals surface area contributed by atoms with Crippen LogP contribution in [0.2, 0.25) is 0 Å². The molecule has 5 nitrogen and oxygen atoms in total. The maximum absolute atomic E-state index is 10.6. The van der Waals surface area contributed by atoms with Crippen LogP contribution in [0.5, 0.6) is 0 Å². The van der Waals surface area contributed by atoms with Gasteiger partial charge < -0.3 is 5.11 Å². The summed E-state index contributed by atoms with van der Waals surface area (Å²) in [7, 11) is 0. The van der Waals surface area contributed by atoms with Crippen molar-refractivity contribution < 1.29 is 9.90 Å². The molecule has 90 valence electrons. The molecule has 2 aromatic rings. The third kappa shape index (κ3) is 2.81. The van der Waals surface area contributed by atoms with E-state index >= 15 is 0 Å². The highest BCUT2D eigenvalue weighted by Crippen LogP contribution is 2.10. The zero-order valence-corrected chi connectivity index (χ0v) is 9.92. The Morgan fingerprint density at radius 3 is 2.88 bits per heavy atom. The number of aromatic nitrogens is 3. The van der Waals surface area contributed by atoms with Gasteiger partial charge in [0.25, 0.3) is 0 Å². The molecule has 0 saturated heterocycles. The molecular weight excluding hydrogens is 218 g/mol. The minimum absolute atomic E-state index is 0.0544. The van der Waals surface area contributed by atoms with Crippen molar-refractivity contribution in [3.8, 4) is 0 Å². The van der Waals surface area contributed by atoms with Crippen LogP contribution in [0.4, 0.5) is 0 Å². The Hall–Kier alpha value is -1.91. The quantitative estimate of drug-likeness (QED) is 0.870. The highest BCUT2D eigenvalue weighted by atomic mass is 16.4. The molecule has 2 rings (SSSR count). The Bertz CT molecular complexity index is 546. The molecule has 0 aliphatic heterocycles. The summed E-state index contributed by atoms with van der Waals surface area (Å²) in [5.41, 5.74) is 2.30. The normalized spacial score (nSPS) is 11.2. The number of aliphatic carboxylic acids is 1. The SMILES string of the molecule is CC(C)Cc1cc2nc(CC(=O)O)cn2cn1. The third-order valence-electron chi connectivity index (χ3n) is 2.40. The van der Waals surface area contributed by atoms with Gasteiger partial charge in [0.2, 0.25) is 0 Å². The van der Waals surface area contributed by atoms with Gasteiger partial charge in [-0.25, -0.2) is 9.97 Å². The van der Waals surface area contributed by atoms with Crippen LogP contribution in [0.1, 0.15) is 25.2 Å². The first-order chi connectivity index (χ1) is 8.04. The molecule has 0 aliphatic carbocycles. The van der Waals surface area contributed by atoms with E-state index in [9.17, 15) is 4.79 Å². The Labute approximate surface area is 99.1 Å². The predicted octanol–water partition coefficient (Wildman–Crippen LogP) is 1.55. The molecule has 0 fully saturated rings. The molecule has 1 N–H and O–H groups in total. The molecule has 0 radical (unpaired) electrons. The van der Waals surface area contributed by atoms with Gasteiger partial charge in [-0.1, -0.05) is 13.8 Å². The largest absolute Gasteiger partial charge is 0.481 e. The fourth-order valence-electron chi connectivity index (χ4n) is 1.75. The summed E-state index contributed by atoms with van der Waals surface area (Å²) >= 11 is 0. The lowest BCUT2D eigenvalue weighted by Gasteiger charge is -2.03. The molecule has 0 atom stereocenters. The molecule has 0 aromatic carbocycles. The van der Waals surface area contributed by atoms with Crippen molar-refractivity contribution in [3.63, 3.8) is 0 Å². The van der Waals surface area contributed by atoms with Gasteiger partial charge in [-0.05, 0) is 12.3 Å². The Balaban J connectivity index is 2.30. The van der Waals surface area contributed by atoms with Crippen LogP contribution in [0.15, 0.2) is 18.6 Å². The summed E-state index contributed by atoms with van der Waals surface area (Å²) in [4.78, 5) is 19.2. The van der Waals surface area contributed by atoms with Gasteiger partial charge in [-0.3, -0.25) is 9.20 Å². The van der Waals surface area contributed by atoms with E-state index in [1.165, 1.54) is 0 Å². The molecule has 0 saturated carbocycles. The Kier molecular flexibility index (Phi) is 3.08. The number of carboxylic acid groups (broad SMARTS) is 1.